The van der Waals surface area contributed by atoms with E-state index in [4.69, 9.17) is 22.1 Å². The van der Waals surface area contributed by atoms with Crippen molar-refractivity contribution >= 4 is 40.9 Å². The van der Waals surface area contributed by atoms with Crippen LogP contribution in [0.15, 0.2) is 36.4 Å². The maximum Gasteiger partial charge on any atom is 0.410 e. The van der Waals surface area contributed by atoms with E-state index in [0.29, 0.717) is 74.3 Å². The molecule has 4 fully saturated rings. The Morgan fingerprint density at radius 1 is 1.04 bits per heavy atom. The molecule has 46 heavy (non-hydrogen) atoms. The first-order valence-electron chi connectivity index (χ1n) is 16.7. The second-order valence-electron chi connectivity index (χ2n) is 14.2. The smallest absolute Gasteiger partial charge is 0.410 e. The normalized spacial score (nSPS) is 25.4. The summed E-state index contributed by atoms with van der Waals surface area (Å²) in [5.41, 5.74) is 9.91. The first-order chi connectivity index (χ1) is 22.1. The molecule has 3 atom stereocenters. The fourth-order valence-corrected chi connectivity index (χ4v) is 9.00. The van der Waals surface area contributed by atoms with Crippen molar-refractivity contribution in [3.8, 4) is 0 Å². The Morgan fingerprint density at radius 3 is 2.46 bits per heavy atom. The van der Waals surface area contributed by atoms with Crippen molar-refractivity contribution in [3.63, 3.8) is 0 Å². The number of aryl methyl sites for hydroxylation is 1. The van der Waals surface area contributed by atoms with Gasteiger partial charge in [0.15, 0.2) is 6.10 Å². The molecule has 5 aliphatic rings. The van der Waals surface area contributed by atoms with Crippen LogP contribution in [0.25, 0.3) is 0 Å². The number of ether oxygens (including phenoxy) is 1. The maximum absolute atomic E-state index is 14.1. The van der Waals surface area contributed by atoms with Gasteiger partial charge in [0.25, 0.3) is 5.91 Å². The van der Waals surface area contributed by atoms with Crippen LogP contribution in [0.4, 0.5) is 16.2 Å². The molecule has 3 N–H and O–H groups in total. The lowest BCUT2D eigenvalue weighted by atomic mass is 9.68. The maximum atomic E-state index is 14.1. The van der Waals surface area contributed by atoms with E-state index in [2.05, 4.69) is 28.2 Å². The predicted molar refractivity (Wildman–Crippen MR) is 178 cm³/mol. The van der Waals surface area contributed by atoms with E-state index in [1.165, 1.54) is 6.42 Å². The lowest BCUT2D eigenvalue weighted by Crippen LogP contribution is -2.55. The van der Waals surface area contributed by atoms with Crippen LogP contribution >= 0.6 is 11.6 Å². The number of fused-ring (bicyclic) bond motifs is 4. The Morgan fingerprint density at radius 2 is 1.78 bits per heavy atom. The minimum atomic E-state index is -0.975. The standard InChI is InChI=1S/C35H45ClN6O4/c1-22-15-23(16-28(36)32(22)37)17-30(33(44)40-11-7-24(8-12-40)42-21-25-18-26(42)20-39(25)2)46-34(45)41-13-9-35(10-14-41)19-31(43)38-29-6-4-3-5-27(29)35/h3-6,15-16,24-26,30H,7-14,17-21,37H2,1-2H3,(H,38,43)/t25?,26?,30-/m1/s1. The van der Waals surface area contributed by atoms with E-state index >= 15 is 0 Å². The molecule has 11 heteroatoms. The third-order valence-corrected chi connectivity index (χ3v) is 11.7. The van der Waals surface area contributed by atoms with Crippen molar-refractivity contribution in [1.82, 2.24) is 19.6 Å². The Bertz CT molecular complexity index is 1490. The first-order valence-corrected chi connectivity index (χ1v) is 17.1. The number of carbonyl (C=O) groups is 3. The summed E-state index contributed by atoms with van der Waals surface area (Å²) in [7, 11) is 2.22. The van der Waals surface area contributed by atoms with Crippen LogP contribution in [0.3, 0.4) is 0 Å². The summed E-state index contributed by atoms with van der Waals surface area (Å²) in [6.45, 7) is 6.33. The van der Waals surface area contributed by atoms with Crippen LogP contribution < -0.4 is 11.1 Å². The zero-order valence-electron chi connectivity index (χ0n) is 26.8. The quantitative estimate of drug-likeness (QED) is 0.471. The Hall–Kier alpha value is -3.34. The molecule has 5 heterocycles. The van der Waals surface area contributed by atoms with E-state index in [1.54, 1.807) is 11.0 Å². The molecule has 0 saturated carbocycles. The van der Waals surface area contributed by atoms with Crippen LogP contribution in [0.1, 0.15) is 55.2 Å². The first kappa shape index (κ1) is 31.3. The van der Waals surface area contributed by atoms with Gasteiger partial charge in [-0.05, 0) is 74.9 Å². The molecule has 0 radical (unpaired) electrons. The molecule has 10 nitrogen and oxygen atoms in total. The highest BCUT2D eigenvalue weighted by Crippen LogP contribution is 2.45. The number of piperidine rings is 2. The minimum absolute atomic E-state index is 0.00572. The summed E-state index contributed by atoms with van der Waals surface area (Å²) in [4.78, 5) is 49.0. The van der Waals surface area contributed by atoms with Crippen molar-refractivity contribution in [1.29, 1.82) is 0 Å². The molecular formula is C35H45ClN6O4. The molecule has 2 aromatic carbocycles. The number of nitrogens with zero attached hydrogens (tertiary/aromatic N) is 4. The molecule has 246 valence electrons. The summed E-state index contributed by atoms with van der Waals surface area (Å²) in [5, 5.41) is 3.42. The van der Waals surface area contributed by atoms with Crippen LogP contribution in [0.2, 0.25) is 5.02 Å². The number of hydrogen-bond acceptors (Lipinski definition) is 7. The van der Waals surface area contributed by atoms with Crippen molar-refractivity contribution in [2.45, 2.75) is 81.5 Å². The van der Waals surface area contributed by atoms with Crippen LogP contribution in [-0.4, -0.2) is 108 Å². The van der Waals surface area contributed by atoms with Crippen LogP contribution in [0, 0.1) is 6.92 Å². The fourth-order valence-electron chi connectivity index (χ4n) is 8.71. The molecule has 2 aromatic rings. The van der Waals surface area contributed by atoms with Gasteiger partial charge < -0.3 is 30.5 Å². The number of carbonyl (C=O) groups excluding carboxylic acids is 3. The van der Waals surface area contributed by atoms with Gasteiger partial charge >= 0.3 is 6.09 Å². The number of para-hydroxylation sites is 1. The Labute approximate surface area is 276 Å². The van der Waals surface area contributed by atoms with E-state index in [0.717, 1.165) is 48.3 Å². The van der Waals surface area contributed by atoms with Gasteiger partial charge in [0.2, 0.25) is 5.91 Å². The van der Waals surface area contributed by atoms with Crippen molar-refractivity contribution in [2.24, 2.45) is 0 Å². The summed E-state index contributed by atoms with van der Waals surface area (Å²) < 4.78 is 6.09. The number of likely N-dealkylation sites (tertiary alicyclic amines) is 4. The number of piperazine rings is 1. The zero-order chi connectivity index (χ0) is 32.2. The number of likely N-dealkylation sites (N-methyl/N-ethyl adjacent to an activating group) is 1. The zero-order valence-corrected chi connectivity index (χ0v) is 27.6. The number of benzene rings is 2. The number of anilines is 2. The fraction of sp³-hybridized carbons (Fsp3) is 0.571. The second-order valence-corrected chi connectivity index (χ2v) is 14.6. The molecule has 0 aliphatic carbocycles. The number of nitrogens with one attached hydrogen (secondary N) is 1. The molecule has 7 rings (SSSR count). The molecule has 1 spiro atoms. The molecule has 3 amide bonds. The Balaban J connectivity index is 1.03. The summed E-state index contributed by atoms with van der Waals surface area (Å²) in [6, 6.07) is 13.4. The van der Waals surface area contributed by atoms with Crippen molar-refractivity contribution in [2.75, 3.05) is 57.4 Å². The SMILES string of the molecule is Cc1cc(C[C@@H](OC(=O)N2CCC3(CC2)CC(=O)Nc2ccccc23)C(=O)N2CCC(N3CC4CC3CN4C)CC2)cc(Cl)c1N. The van der Waals surface area contributed by atoms with Crippen LogP contribution in [0.5, 0.6) is 0 Å². The summed E-state index contributed by atoms with van der Waals surface area (Å²) in [6.07, 6.45) is 3.55. The van der Waals surface area contributed by atoms with Gasteiger partial charge in [-0.1, -0.05) is 35.9 Å². The monoisotopic (exact) mass is 648 g/mol. The molecule has 2 bridgehead atoms. The van der Waals surface area contributed by atoms with Gasteiger partial charge in [-0.2, -0.15) is 0 Å². The predicted octanol–water partition coefficient (Wildman–Crippen LogP) is 4.03. The van der Waals surface area contributed by atoms with Gasteiger partial charge in [-0.15, -0.1) is 0 Å². The topological polar surface area (TPSA) is 111 Å². The number of nitrogen functional groups attached to an aromatic ring is 1. The van der Waals surface area contributed by atoms with Crippen molar-refractivity contribution < 1.29 is 19.1 Å². The number of halogens is 1. The molecule has 2 unspecified atom stereocenters. The van der Waals surface area contributed by atoms with Gasteiger partial charge in [0.05, 0.1) is 10.7 Å². The second kappa shape index (κ2) is 12.4. The summed E-state index contributed by atoms with van der Waals surface area (Å²) >= 11 is 6.42. The van der Waals surface area contributed by atoms with E-state index in [1.807, 2.05) is 36.1 Å². The number of nitrogens with two attached hydrogens (primary N) is 1. The highest BCUT2D eigenvalue weighted by Gasteiger charge is 2.46. The third kappa shape index (κ3) is 5.84. The Kier molecular flexibility index (Phi) is 8.40. The third-order valence-electron chi connectivity index (χ3n) is 11.4. The van der Waals surface area contributed by atoms with E-state index in [9.17, 15) is 14.4 Å². The van der Waals surface area contributed by atoms with Gasteiger partial charge in [0, 0.05) is 81.3 Å². The average Bonchev–Trinajstić information content (AvgIpc) is 3.63. The molecule has 4 saturated heterocycles. The lowest BCUT2D eigenvalue weighted by molar-refractivity contribution is -0.142. The van der Waals surface area contributed by atoms with Gasteiger partial charge in [-0.3, -0.25) is 14.5 Å². The summed E-state index contributed by atoms with van der Waals surface area (Å²) in [5.74, 6) is -0.155. The number of amides is 3. The van der Waals surface area contributed by atoms with Crippen LogP contribution in [-0.2, 0) is 26.2 Å². The van der Waals surface area contributed by atoms with Gasteiger partial charge in [-0.25, -0.2) is 4.79 Å². The lowest BCUT2D eigenvalue weighted by Gasteiger charge is -2.44. The number of rotatable bonds is 5. The molecule has 0 aromatic heterocycles. The largest absolute Gasteiger partial charge is 0.436 e. The molecule has 5 aliphatic heterocycles. The number of hydrogen-bond donors (Lipinski definition) is 2. The molecular weight excluding hydrogens is 604 g/mol. The van der Waals surface area contributed by atoms with Gasteiger partial charge in [0.1, 0.15) is 0 Å². The highest BCUT2D eigenvalue weighted by atomic mass is 35.5. The average molecular weight is 649 g/mol. The highest BCUT2D eigenvalue weighted by molar-refractivity contribution is 6.33. The van der Waals surface area contributed by atoms with E-state index in [-0.39, 0.29) is 23.7 Å². The van der Waals surface area contributed by atoms with E-state index < -0.39 is 12.2 Å². The minimum Gasteiger partial charge on any atom is -0.436 e. The van der Waals surface area contributed by atoms with Crippen molar-refractivity contribution in [3.05, 3.63) is 58.1 Å².